The van der Waals surface area contributed by atoms with Crippen molar-refractivity contribution in [1.29, 1.82) is 0 Å². The second-order valence-electron chi connectivity index (χ2n) is 2.92. The molecule has 0 aromatic heterocycles. The Labute approximate surface area is 76.4 Å². The Balaban J connectivity index is 2.40. The zero-order chi connectivity index (χ0) is 8.27. The molecule has 0 radical (unpaired) electrons. The number of hydrogen-bond acceptors (Lipinski definition) is 1. The smallest absolute Gasteiger partial charge is 0.0866 e. The van der Waals surface area contributed by atoms with Gasteiger partial charge >= 0.3 is 0 Å². The van der Waals surface area contributed by atoms with Crippen LogP contribution in [0.2, 0.25) is 0 Å². The van der Waals surface area contributed by atoms with Gasteiger partial charge in [-0.25, -0.2) is 0 Å². The zero-order valence-corrected chi connectivity index (χ0v) is 11.0. The molecule has 5 heteroatoms. The molecule has 0 amide bonds. The zero-order valence-electron chi connectivity index (χ0n) is 6.79. The third-order valence-corrected chi connectivity index (χ3v) is 12.8. The number of hydrogen-bond donors (Lipinski definition) is 0. The van der Waals surface area contributed by atoms with Gasteiger partial charge < -0.3 is 4.74 Å². The van der Waals surface area contributed by atoms with Crippen molar-refractivity contribution in [2.75, 3.05) is 6.61 Å². The van der Waals surface area contributed by atoms with Crippen molar-refractivity contribution >= 4 is 33.1 Å². The van der Waals surface area contributed by atoms with Crippen molar-refractivity contribution in [1.82, 2.24) is 0 Å². The second kappa shape index (κ2) is 5.42. The van der Waals surface area contributed by atoms with E-state index in [4.69, 9.17) is 4.74 Å². The summed E-state index contributed by atoms with van der Waals surface area (Å²) < 4.78 is 5.74. The largest absolute Gasteiger partial charge is 0.373 e. The summed E-state index contributed by atoms with van der Waals surface area (Å²) in [7, 11) is 6.81. The molecule has 1 heterocycles. The molecule has 4 unspecified atom stereocenters. The Hall–Kier alpha value is 1.68. The highest BCUT2D eigenvalue weighted by Gasteiger charge is 2.26. The summed E-state index contributed by atoms with van der Waals surface area (Å²) in [5, 5.41) is 0. The molecule has 1 nitrogen and oxygen atoms in total. The van der Waals surface area contributed by atoms with E-state index in [9.17, 15) is 0 Å². The van der Waals surface area contributed by atoms with Crippen LogP contribution in [-0.4, -0.2) is 12.5 Å². The van der Waals surface area contributed by atoms with E-state index in [1.807, 2.05) is 0 Å². The first-order chi connectivity index (χ1) is 5.25. The molecule has 1 rings (SSSR count). The van der Waals surface area contributed by atoms with Crippen molar-refractivity contribution < 1.29 is 4.74 Å². The summed E-state index contributed by atoms with van der Waals surface area (Å²) in [5.41, 5.74) is 0. The number of rotatable bonds is 2. The number of ether oxygens (including phenoxy) is 1. The van der Waals surface area contributed by atoms with Gasteiger partial charge in [-0.05, 0) is 26.1 Å². The van der Waals surface area contributed by atoms with Gasteiger partial charge in [-0.2, -0.15) is 0 Å². The fourth-order valence-corrected chi connectivity index (χ4v) is 6.34. The van der Waals surface area contributed by atoms with Crippen LogP contribution in [0, 0.1) is 5.92 Å². The minimum absolute atomic E-state index is 0.0493. The van der Waals surface area contributed by atoms with E-state index in [1.54, 1.807) is 0 Å². The lowest BCUT2D eigenvalue weighted by atomic mass is 10.1. The van der Waals surface area contributed by atoms with Crippen LogP contribution in [0.25, 0.3) is 0 Å². The first-order valence-corrected chi connectivity index (χ1v) is 10.6. The van der Waals surface area contributed by atoms with E-state index in [0.29, 0.717) is 5.85 Å². The van der Waals surface area contributed by atoms with E-state index < -0.39 is 0 Å². The first kappa shape index (κ1) is 10.8. The van der Waals surface area contributed by atoms with Crippen LogP contribution in [0.1, 0.15) is 19.8 Å². The van der Waals surface area contributed by atoms with E-state index in [2.05, 4.69) is 24.8 Å². The Morgan fingerprint density at radius 1 is 1.64 bits per heavy atom. The maximum absolute atomic E-state index is 5.74. The van der Waals surface area contributed by atoms with Gasteiger partial charge in [-0.15, -0.1) is 17.9 Å². The first-order valence-electron chi connectivity index (χ1n) is 3.87. The van der Waals surface area contributed by atoms with Gasteiger partial charge in [-0.3, -0.25) is 0 Å². The van der Waals surface area contributed by atoms with Crippen LogP contribution in [0.3, 0.4) is 0 Å². The normalized spacial score (nSPS) is 36.3. The van der Waals surface area contributed by atoms with Crippen LogP contribution in [0.15, 0.2) is 0 Å². The molecule has 1 aliphatic heterocycles. The van der Waals surface area contributed by atoms with Gasteiger partial charge in [0, 0.05) is 6.61 Å². The van der Waals surface area contributed by atoms with E-state index in [0.717, 1.165) is 20.5 Å². The monoisotopic (exact) mass is 228 g/mol. The van der Waals surface area contributed by atoms with E-state index in [1.165, 1.54) is 12.8 Å². The lowest BCUT2D eigenvalue weighted by molar-refractivity contribution is 0.0351. The minimum Gasteiger partial charge on any atom is -0.373 e. The van der Waals surface area contributed by atoms with Crippen LogP contribution in [0.4, 0.5) is 0 Å². The summed E-state index contributed by atoms with van der Waals surface area (Å²) in [6.07, 6.45) is 2.61. The van der Waals surface area contributed by atoms with Gasteiger partial charge in [0.25, 0.3) is 0 Å². The van der Waals surface area contributed by atoms with Crippen molar-refractivity contribution in [3.05, 3.63) is 0 Å². The average molecular weight is 228 g/mol. The van der Waals surface area contributed by atoms with Gasteiger partial charge in [0.2, 0.25) is 0 Å². The molecule has 6 atom stereocenters. The highest BCUT2D eigenvalue weighted by molar-refractivity contribution is 8.61. The lowest BCUT2D eigenvalue weighted by Crippen LogP contribution is -2.23. The molecule has 1 saturated heterocycles. The maximum atomic E-state index is 5.74. The molecular formula is C6H16OP4. The van der Waals surface area contributed by atoms with Crippen LogP contribution >= 0.6 is 33.1 Å². The topological polar surface area (TPSA) is 9.23 Å². The molecule has 0 N–H and O–H groups in total. The van der Waals surface area contributed by atoms with Gasteiger partial charge in [0.1, 0.15) is 0 Å². The van der Waals surface area contributed by atoms with E-state index in [-0.39, 0.29) is 7.30 Å². The third kappa shape index (κ3) is 3.14. The molecule has 0 saturated carbocycles. The van der Waals surface area contributed by atoms with E-state index >= 15 is 0 Å². The van der Waals surface area contributed by atoms with Crippen LogP contribution in [-0.2, 0) is 4.74 Å². The summed E-state index contributed by atoms with van der Waals surface area (Å²) in [5.74, 6) is 1.33. The Kier molecular flexibility index (Phi) is 5.30. The molecule has 0 aliphatic carbocycles. The fraction of sp³-hybridized carbons (Fsp3) is 1.00. The highest BCUT2D eigenvalue weighted by Crippen LogP contribution is 2.71. The molecule has 11 heavy (non-hydrogen) atoms. The Morgan fingerprint density at radius 2 is 2.36 bits per heavy atom. The summed E-state index contributed by atoms with van der Waals surface area (Å²) in [4.78, 5) is 0. The molecule has 1 aliphatic rings. The summed E-state index contributed by atoms with van der Waals surface area (Å²) in [6, 6.07) is 0. The fourth-order valence-electron chi connectivity index (χ4n) is 1.34. The second-order valence-corrected chi connectivity index (χ2v) is 12.4. The van der Waals surface area contributed by atoms with Crippen molar-refractivity contribution in [3.63, 3.8) is 0 Å². The average Bonchev–Trinajstić information content (AvgIpc) is 2.04. The Bertz CT molecular complexity index is 117. The van der Waals surface area contributed by atoms with Crippen molar-refractivity contribution in [3.8, 4) is 0 Å². The standard InChI is InChI=1S/C6H16OP4/c1-5-3-2-4-7-6(5)11(9)10-8/h5-6,10H,2-4,8-9H2,1H3/t5-,6+,11?/m0/s1. The third-order valence-electron chi connectivity index (χ3n) is 2.00. The van der Waals surface area contributed by atoms with Crippen LogP contribution in [0.5, 0.6) is 0 Å². The van der Waals surface area contributed by atoms with Gasteiger partial charge in [-0.1, -0.05) is 14.9 Å². The molecule has 0 aromatic carbocycles. The van der Waals surface area contributed by atoms with Crippen molar-refractivity contribution in [2.45, 2.75) is 25.6 Å². The molecule has 66 valence electrons. The minimum atomic E-state index is 0.0493. The molecule has 1 fully saturated rings. The molecular weight excluding hydrogens is 212 g/mol. The van der Waals surface area contributed by atoms with Gasteiger partial charge in [0.15, 0.2) is 0 Å². The maximum Gasteiger partial charge on any atom is 0.0866 e. The highest BCUT2D eigenvalue weighted by atomic mass is 32.6. The quantitative estimate of drug-likeness (QED) is 0.658. The Morgan fingerprint density at radius 3 is 2.91 bits per heavy atom. The van der Waals surface area contributed by atoms with Gasteiger partial charge in [0.05, 0.1) is 5.85 Å². The summed E-state index contributed by atoms with van der Waals surface area (Å²) >= 11 is 0. The molecule has 0 spiro atoms. The predicted octanol–water partition coefficient (Wildman–Crippen LogP) is 3.41. The predicted molar refractivity (Wildman–Crippen MR) is 62.8 cm³/mol. The summed E-state index contributed by atoms with van der Waals surface area (Å²) in [6.45, 7) is 3.30. The molecule has 0 bridgehead atoms. The van der Waals surface area contributed by atoms with Crippen LogP contribution < -0.4 is 0 Å². The SMILES string of the molecule is C[C@H]1CCCO[C@@H]1P(P)PP. The lowest BCUT2D eigenvalue weighted by Gasteiger charge is -2.32. The molecule has 0 aromatic rings. The van der Waals surface area contributed by atoms with Crippen molar-refractivity contribution in [2.24, 2.45) is 5.92 Å².